The Balaban J connectivity index is 2.06. The highest BCUT2D eigenvalue weighted by atomic mass is 35.5. The molecule has 1 unspecified atom stereocenters. The Labute approximate surface area is 175 Å². The smallest absolute Gasteiger partial charge is 0.417 e. The Morgan fingerprint density at radius 2 is 1.70 bits per heavy atom. The van der Waals surface area contributed by atoms with E-state index in [-0.39, 0.29) is 16.3 Å². The summed E-state index contributed by atoms with van der Waals surface area (Å²) in [4.78, 5) is 4.10. The van der Waals surface area contributed by atoms with E-state index in [4.69, 9.17) is 11.6 Å². The highest BCUT2D eigenvalue weighted by Crippen LogP contribution is 2.45. The van der Waals surface area contributed by atoms with Crippen LogP contribution in [0.1, 0.15) is 31.4 Å². The molecule has 0 aliphatic rings. The van der Waals surface area contributed by atoms with Gasteiger partial charge in [-0.15, -0.1) is 0 Å². The first-order valence-electron chi connectivity index (χ1n) is 9.15. The zero-order chi connectivity index (χ0) is 22.3. The van der Waals surface area contributed by atoms with Gasteiger partial charge >= 0.3 is 6.18 Å². The Morgan fingerprint density at radius 3 is 2.33 bits per heavy atom. The van der Waals surface area contributed by atoms with Gasteiger partial charge in [0, 0.05) is 17.9 Å². The van der Waals surface area contributed by atoms with Gasteiger partial charge in [0.2, 0.25) is 0 Å². The van der Waals surface area contributed by atoms with E-state index in [9.17, 15) is 27.8 Å². The van der Waals surface area contributed by atoms with E-state index in [2.05, 4.69) is 4.98 Å². The average Bonchev–Trinajstić information content (AvgIpc) is 2.59. The molecule has 1 aromatic heterocycles. The van der Waals surface area contributed by atoms with E-state index in [0.29, 0.717) is 10.9 Å². The van der Waals surface area contributed by atoms with Gasteiger partial charge in [-0.1, -0.05) is 49.7 Å². The molecule has 3 aromatic rings. The number of phenols is 1. The highest BCUT2D eigenvalue weighted by molar-refractivity contribution is 6.29. The molecule has 0 aliphatic heterocycles. The first kappa shape index (κ1) is 22.3. The van der Waals surface area contributed by atoms with E-state index < -0.39 is 41.6 Å². The molecule has 0 saturated heterocycles. The maximum Gasteiger partial charge on any atom is 0.417 e. The topological polar surface area (TPSA) is 53.4 Å². The van der Waals surface area contributed by atoms with Gasteiger partial charge in [0.15, 0.2) is 5.60 Å². The van der Waals surface area contributed by atoms with Crippen molar-refractivity contribution in [3.05, 3.63) is 70.6 Å². The molecule has 2 N–H and O–H groups in total. The lowest BCUT2D eigenvalue weighted by molar-refractivity contribution is -0.266. The summed E-state index contributed by atoms with van der Waals surface area (Å²) in [6, 6.07) is 11.0. The minimum absolute atomic E-state index is 0.0173. The summed E-state index contributed by atoms with van der Waals surface area (Å²) < 4.78 is 55.6. The van der Waals surface area contributed by atoms with Crippen molar-refractivity contribution in [2.24, 2.45) is 0 Å². The van der Waals surface area contributed by atoms with E-state index in [1.165, 1.54) is 26.0 Å². The van der Waals surface area contributed by atoms with Crippen molar-refractivity contribution in [3.8, 4) is 5.75 Å². The van der Waals surface area contributed by atoms with Crippen molar-refractivity contribution in [2.75, 3.05) is 0 Å². The zero-order valence-electron chi connectivity index (χ0n) is 16.3. The molecule has 30 heavy (non-hydrogen) atoms. The maximum atomic E-state index is 14.1. The number of nitrogens with zero attached hydrogens (tertiary/aromatic N) is 1. The van der Waals surface area contributed by atoms with Crippen LogP contribution >= 0.6 is 11.6 Å². The molecule has 0 aliphatic carbocycles. The molecule has 0 fully saturated rings. The SMILES string of the molecule is CC(C)(CC(O)(Cc1cc(Cl)nc2ccccc12)C(F)(F)F)c1ccc(F)cc1O. The first-order chi connectivity index (χ1) is 13.8. The number of fused-ring (bicyclic) bond motifs is 1. The predicted molar refractivity (Wildman–Crippen MR) is 107 cm³/mol. The van der Waals surface area contributed by atoms with Crippen LogP contribution in [0.3, 0.4) is 0 Å². The Bertz CT molecular complexity index is 1080. The number of aromatic hydroxyl groups is 1. The van der Waals surface area contributed by atoms with Gasteiger partial charge in [0.05, 0.1) is 5.52 Å². The lowest BCUT2D eigenvalue weighted by atomic mass is 9.72. The number of pyridine rings is 1. The third kappa shape index (κ3) is 4.37. The minimum atomic E-state index is -4.98. The van der Waals surface area contributed by atoms with Crippen LogP contribution in [-0.2, 0) is 11.8 Å². The van der Waals surface area contributed by atoms with Crippen molar-refractivity contribution < 1.29 is 27.8 Å². The standard InChI is InChI=1S/C22H20ClF4NO2/c1-20(2,16-8-7-14(24)10-18(16)29)12-21(30,22(25,26)27)11-13-9-19(23)28-17-6-4-3-5-15(13)17/h3-10,29-30H,11-12H2,1-2H3. The predicted octanol–water partition coefficient (Wildman–Crippen LogP) is 5.94. The van der Waals surface area contributed by atoms with Gasteiger partial charge in [-0.25, -0.2) is 9.37 Å². The normalized spacial score (nSPS) is 14.7. The van der Waals surface area contributed by atoms with Gasteiger partial charge in [-0.3, -0.25) is 0 Å². The number of halogens is 5. The maximum absolute atomic E-state index is 14.1. The molecule has 160 valence electrons. The molecular weight excluding hydrogens is 422 g/mol. The van der Waals surface area contributed by atoms with Crippen LogP contribution in [0, 0.1) is 5.82 Å². The molecule has 0 radical (unpaired) electrons. The monoisotopic (exact) mass is 441 g/mol. The molecule has 0 saturated carbocycles. The first-order valence-corrected chi connectivity index (χ1v) is 9.52. The summed E-state index contributed by atoms with van der Waals surface area (Å²) in [7, 11) is 0. The van der Waals surface area contributed by atoms with Crippen molar-refractivity contribution in [3.63, 3.8) is 0 Å². The fourth-order valence-corrected chi connectivity index (χ4v) is 4.06. The average molecular weight is 442 g/mol. The molecule has 8 heteroatoms. The van der Waals surface area contributed by atoms with Crippen molar-refractivity contribution in [1.82, 2.24) is 4.98 Å². The number of alkyl halides is 3. The van der Waals surface area contributed by atoms with Crippen molar-refractivity contribution >= 4 is 22.5 Å². The molecule has 2 aromatic carbocycles. The summed E-state index contributed by atoms with van der Waals surface area (Å²) in [6.45, 7) is 2.91. The van der Waals surface area contributed by atoms with Gasteiger partial charge in [0.25, 0.3) is 0 Å². The van der Waals surface area contributed by atoms with E-state index in [1.54, 1.807) is 24.3 Å². The number of phenolic OH excluding ortho intramolecular Hbond substituents is 1. The summed E-state index contributed by atoms with van der Waals surface area (Å²) in [5.74, 6) is -1.18. The van der Waals surface area contributed by atoms with Crippen LogP contribution in [0.5, 0.6) is 5.75 Å². The van der Waals surface area contributed by atoms with Crippen LogP contribution in [-0.4, -0.2) is 27.0 Å². The number of hydrogen-bond donors (Lipinski definition) is 2. The van der Waals surface area contributed by atoms with Gasteiger partial charge < -0.3 is 10.2 Å². The number of benzene rings is 2. The number of aromatic nitrogens is 1. The van der Waals surface area contributed by atoms with E-state index in [0.717, 1.165) is 12.1 Å². The van der Waals surface area contributed by atoms with E-state index >= 15 is 0 Å². The molecule has 3 nitrogen and oxygen atoms in total. The second-order valence-electron chi connectivity index (χ2n) is 8.05. The molecule has 0 amide bonds. The fourth-order valence-electron chi connectivity index (χ4n) is 3.84. The lowest BCUT2D eigenvalue weighted by Crippen LogP contribution is -2.50. The number of rotatable bonds is 5. The molecule has 1 atom stereocenters. The molecule has 0 spiro atoms. The Morgan fingerprint density at radius 1 is 1.03 bits per heavy atom. The summed E-state index contributed by atoms with van der Waals surface area (Å²) in [5.41, 5.74) is -3.74. The van der Waals surface area contributed by atoms with Gasteiger partial charge in [-0.05, 0) is 41.2 Å². The highest BCUT2D eigenvalue weighted by Gasteiger charge is 2.56. The van der Waals surface area contributed by atoms with Crippen molar-refractivity contribution in [2.45, 2.75) is 43.9 Å². The number of hydrogen-bond acceptors (Lipinski definition) is 3. The molecular formula is C22H20ClF4NO2. The number of para-hydroxylation sites is 1. The van der Waals surface area contributed by atoms with Crippen LogP contribution < -0.4 is 0 Å². The summed E-state index contributed by atoms with van der Waals surface area (Å²) >= 11 is 5.99. The third-order valence-corrected chi connectivity index (χ3v) is 5.40. The summed E-state index contributed by atoms with van der Waals surface area (Å²) in [6.07, 6.45) is -6.50. The third-order valence-electron chi connectivity index (χ3n) is 5.20. The van der Waals surface area contributed by atoms with Crippen LogP contribution in [0.25, 0.3) is 10.9 Å². The van der Waals surface area contributed by atoms with Gasteiger partial charge in [-0.2, -0.15) is 13.2 Å². The minimum Gasteiger partial charge on any atom is -0.508 e. The van der Waals surface area contributed by atoms with Gasteiger partial charge in [0.1, 0.15) is 16.7 Å². The summed E-state index contributed by atoms with van der Waals surface area (Å²) in [5, 5.41) is 21.4. The fraction of sp³-hybridized carbons (Fsp3) is 0.318. The van der Waals surface area contributed by atoms with Crippen LogP contribution in [0.4, 0.5) is 17.6 Å². The van der Waals surface area contributed by atoms with E-state index in [1.807, 2.05) is 0 Å². The molecule has 1 heterocycles. The Kier molecular flexibility index (Phi) is 5.73. The molecule has 0 bridgehead atoms. The second-order valence-corrected chi connectivity index (χ2v) is 8.44. The quantitative estimate of drug-likeness (QED) is 0.381. The Hall–Kier alpha value is -2.38. The van der Waals surface area contributed by atoms with Crippen LogP contribution in [0.15, 0.2) is 48.5 Å². The molecule has 3 rings (SSSR count). The largest absolute Gasteiger partial charge is 0.508 e. The lowest BCUT2D eigenvalue weighted by Gasteiger charge is -2.38. The van der Waals surface area contributed by atoms with Crippen LogP contribution in [0.2, 0.25) is 5.15 Å². The number of aliphatic hydroxyl groups is 1. The zero-order valence-corrected chi connectivity index (χ0v) is 17.0. The van der Waals surface area contributed by atoms with Crippen molar-refractivity contribution in [1.29, 1.82) is 0 Å². The second kappa shape index (κ2) is 7.71.